The van der Waals surface area contributed by atoms with E-state index < -0.39 is 11.9 Å². The zero-order valence-corrected chi connectivity index (χ0v) is 13.6. The van der Waals surface area contributed by atoms with Gasteiger partial charge in [-0.25, -0.2) is 15.0 Å². The summed E-state index contributed by atoms with van der Waals surface area (Å²) < 4.78 is 41.5. The Kier molecular flexibility index (Phi) is 4.39. The number of aryl methyl sites for hydroxylation is 1. The number of rotatable bonds is 4. The summed E-state index contributed by atoms with van der Waals surface area (Å²) in [5.41, 5.74) is -0.731. The third kappa shape index (κ3) is 3.76. The van der Waals surface area contributed by atoms with E-state index in [0.717, 1.165) is 6.07 Å². The summed E-state index contributed by atoms with van der Waals surface area (Å²) in [5.74, 6) is 0.775. The monoisotopic (exact) mass is 348 g/mol. The summed E-state index contributed by atoms with van der Waals surface area (Å²) in [6.45, 7) is 0.305. The summed E-state index contributed by atoms with van der Waals surface area (Å²) in [6, 6.07) is 5.84. The molecule has 0 amide bonds. The summed E-state index contributed by atoms with van der Waals surface area (Å²) in [5, 5.41) is 0. The molecule has 0 aliphatic rings. The van der Waals surface area contributed by atoms with Crippen LogP contribution in [-0.2, 0) is 19.8 Å². The zero-order valence-electron chi connectivity index (χ0n) is 13.6. The first-order valence-corrected chi connectivity index (χ1v) is 7.39. The van der Waals surface area contributed by atoms with E-state index in [2.05, 4.69) is 19.9 Å². The number of aromatic nitrogens is 5. The fourth-order valence-corrected chi connectivity index (χ4v) is 2.23. The standard InChI is InChI=1S/C16H15F3N6/c1-24-8-7-21-14(24)10-25(2)13-9-12(16(17,18)19)22-15(23-13)11-5-3-4-6-20-11/h3-9H,10H2,1-2H3. The van der Waals surface area contributed by atoms with E-state index in [-0.39, 0.29) is 17.3 Å². The lowest BCUT2D eigenvalue weighted by Crippen LogP contribution is -2.22. The molecule has 6 nitrogen and oxygen atoms in total. The Morgan fingerprint density at radius 1 is 1.12 bits per heavy atom. The van der Waals surface area contributed by atoms with E-state index in [1.807, 2.05) is 7.05 Å². The molecule has 0 unspecified atom stereocenters. The molecule has 3 aromatic rings. The molecular weight excluding hydrogens is 333 g/mol. The summed E-state index contributed by atoms with van der Waals surface area (Å²) in [4.78, 5) is 17.7. The van der Waals surface area contributed by atoms with E-state index in [1.54, 1.807) is 47.1 Å². The first kappa shape index (κ1) is 16.9. The van der Waals surface area contributed by atoms with Crippen molar-refractivity contribution < 1.29 is 13.2 Å². The first-order chi connectivity index (χ1) is 11.8. The van der Waals surface area contributed by atoms with Gasteiger partial charge in [-0.05, 0) is 12.1 Å². The third-order valence-electron chi connectivity index (χ3n) is 3.59. The van der Waals surface area contributed by atoms with Gasteiger partial charge < -0.3 is 9.47 Å². The van der Waals surface area contributed by atoms with Crippen LogP contribution in [0.25, 0.3) is 11.5 Å². The topological polar surface area (TPSA) is 59.7 Å². The van der Waals surface area contributed by atoms with Crippen LogP contribution in [0.2, 0.25) is 0 Å². The molecule has 0 fully saturated rings. The number of anilines is 1. The molecule has 0 saturated carbocycles. The highest BCUT2D eigenvalue weighted by Crippen LogP contribution is 2.31. The van der Waals surface area contributed by atoms with Gasteiger partial charge in [-0.1, -0.05) is 6.07 Å². The SMILES string of the molecule is CN(Cc1nccn1C)c1cc(C(F)(F)F)nc(-c2ccccn2)n1. The fraction of sp³-hybridized carbons (Fsp3) is 0.250. The average molecular weight is 348 g/mol. The van der Waals surface area contributed by atoms with Crippen LogP contribution in [0.15, 0.2) is 42.9 Å². The Morgan fingerprint density at radius 2 is 1.92 bits per heavy atom. The van der Waals surface area contributed by atoms with Gasteiger partial charge >= 0.3 is 6.18 Å². The van der Waals surface area contributed by atoms with Crippen LogP contribution in [0.3, 0.4) is 0 Å². The fourth-order valence-electron chi connectivity index (χ4n) is 2.23. The maximum atomic E-state index is 13.2. The summed E-state index contributed by atoms with van der Waals surface area (Å²) in [7, 11) is 3.47. The normalized spacial score (nSPS) is 11.6. The number of nitrogens with zero attached hydrogens (tertiary/aromatic N) is 6. The summed E-state index contributed by atoms with van der Waals surface area (Å²) in [6.07, 6.45) is 0.300. The lowest BCUT2D eigenvalue weighted by atomic mass is 10.3. The van der Waals surface area contributed by atoms with Crippen LogP contribution < -0.4 is 4.90 Å². The van der Waals surface area contributed by atoms with Crippen molar-refractivity contribution >= 4 is 5.82 Å². The minimum absolute atomic E-state index is 0.0721. The molecule has 3 rings (SSSR count). The average Bonchev–Trinajstić information content (AvgIpc) is 2.99. The lowest BCUT2D eigenvalue weighted by molar-refractivity contribution is -0.141. The van der Waals surface area contributed by atoms with Crippen molar-refractivity contribution in [3.8, 4) is 11.5 Å². The maximum absolute atomic E-state index is 13.2. The highest BCUT2D eigenvalue weighted by Gasteiger charge is 2.34. The Balaban J connectivity index is 2.02. The molecule has 0 bridgehead atoms. The Hall–Kier alpha value is -2.97. The van der Waals surface area contributed by atoms with Crippen LogP contribution in [-0.4, -0.2) is 31.6 Å². The van der Waals surface area contributed by atoms with E-state index in [1.165, 1.54) is 6.20 Å². The van der Waals surface area contributed by atoms with E-state index in [4.69, 9.17) is 0 Å². The molecule has 0 aliphatic carbocycles. The number of hydrogen-bond acceptors (Lipinski definition) is 5. The van der Waals surface area contributed by atoms with Gasteiger partial charge in [0.05, 0.1) is 6.54 Å². The summed E-state index contributed by atoms with van der Waals surface area (Å²) >= 11 is 0. The van der Waals surface area contributed by atoms with Crippen molar-refractivity contribution in [2.45, 2.75) is 12.7 Å². The van der Waals surface area contributed by atoms with Gasteiger partial charge in [-0.3, -0.25) is 4.98 Å². The smallest absolute Gasteiger partial charge is 0.352 e. The van der Waals surface area contributed by atoms with Gasteiger partial charge in [-0.15, -0.1) is 0 Å². The Morgan fingerprint density at radius 3 is 2.52 bits per heavy atom. The maximum Gasteiger partial charge on any atom is 0.433 e. The highest BCUT2D eigenvalue weighted by atomic mass is 19.4. The van der Waals surface area contributed by atoms with Gasteiger partial charge in [-0.2, -0.15) is 13.2 Å². The van der Waals surface area contributed by atoms with E-state index >= 15 is 0 Å². The minimum atomic E-state index is -4.58. The van der Waals surface area contributed by atoms with Crippen LogP contribution in [0.4, 0.5) is 19.0 Å². The van der Waals surface area contributed by atoms with Crippen molar-refractivity contribution in [3.63, 3.8) is 0 Å². The van der Waals surface area contributed by atoms with Crippen molar-refractivity contribution in [2.24, 2.45) is 7.05 Å². The number of alkyl halides is 3. The second kappa shape index (κ2) is 6.50. The van der Waals surface area contributed by atoms with E-state index in [0.29, 0.717) is 12.4 Å². The minimum Gasteiger partial charge on any atom is -0.352 e. The zero-order chi connectivity index (χ0) is 18.0. The predicted octanol–water partition coefficient (Wildman–Crippen LogP) is 2.93. The van der Waals surface area contributed by atoms with Gasteiger partial charge in [0.2, 0.25) is 0 Å². The van der Waals surface area contributed by atoms with Crippen LogP contribution in [0.1, 0.15) is 11.5 Å². The Bertz CT molecular complexity index is 860. The predicted molar refractivity (Wildman–Crippen MR) is 85.6 cm³/mol. The first-order valence-electron chi connectivity index (χ1n) is 7.39. The van der Waals surface area contributed by atoms with Crippen molar-refractivity contribution in [2.75, 3.05) is 11.9 Å². The molecular formula is C16H15F3N6. The number of pyridine rings is 1. The molecule has 3 heterocycles. The van der Waals surface area contributed by atoms with Crippen molar-refractivity contribution in [3.05, 3.63) is 54.4 Å². The Labute approximate surface area is 142 Å². The van der Waals surface area contributed by atoms with Crippen molar-refractivity contribution in [1.29, 1.82) is 0 Å². The molecule has 9 heteroatoms. The van der Waals surface area contributed by atoms with Crippen LogP contribution >= 0.6 is 0 Å². The van der Waals surface area contributed by atoms with Crippen LogP contribution in [0, 0.1) is 0 Å². The number of halogens is 3. The second-order valence-corrected chi connectivity index (χ2v) is 5.46. The lowest BCUT2D eigenvalue weighted by Gasteiger charge is -2.19. The van der Waals surface area contributed by atoms with Gasteiger partial charge in [0.15, 0.2) is 11.5 Å². The molecule has 3 aromatic heterocycles. The molecule has 0 aliphatic heterocycles. The molecule has 25 heavy (non-hydrogen) atoms. The quantitative estimate of drug-likeness (QED) is 0.726. The molecule has 0 atom stereocenters. The highest BCUT2D eigenvalue weighted by molar-refractivity contribution is 5.53. The van der Waals surface area contributed by atoms with Crippen LogP contribution in [0.5, 0.6) is 0 Å². The molecule has 0 spiro atoms. The molecule has 0 N–H and O–H groups in total. The van der Waals surface area contributed by atoms with E-state index in [9.17, 15) is 13.2 Å². The second-order valence-electron chi connectivity index (χ2n) is 5.46. The van der Waals surface area contributed by atoms with Gasteiger partial charge in [0, 0.05) is 38.8 Å². The number of imidazole rings is 1. The largest absolute Gasteiger partial charge is 0.433 e. The molecule has 0 aromatic carbocycles. The molecule has 0 saturated heterocycles. The van der Waals surface area contributed by atoms with Crippen molar-refractivity contribution in [1.82, 2.24) is 24.5 Å². The molecule has 130 valence electrons. The van der Waals surface area contributed by atoms with Gasteiger partial charge in [0.1, 0.15) is 17.3 Å². The third-order valence-corrected chi connectivity index (χ3v) is 3.59. The molecule has 0 radical (unpaired) electrons. The number of hydrogen-bond donors (Lipinski definition) is 0. The van der Waals surface area contributed by atoms with Gasteiger partial charge in [0.25, 0.3) is 0 Å².